The molecule has 0 heterocycles. The van der Waals surface area contributed by atoms with Crippen molar-refractivity contribution in [3.05, 3.63) is 11.8 Å². The fraction of sp³-hybridized carbons (Fsp3) is 0.840. The van der Waals surface area contributed by atoms with Crippen molar-refractivity contribution in [3.8, 4) is 0 Å². The first-order chi connectivity index (χ1) is 14.5. The van der Waals surface area contributed by atoms with Crippen molar-refractivity contribution in [2.24, 2.45) is 0 Å². The Balaban J connectivity index is 4.07. The summed E-state index contributed by atoms with van der Waals surface area (Å²) in [5.74, 6) is -2.36. The number of carbonyl (C=O) groups is 2. The van der Waals surface area contributed by atoms with E-state index in [9.17, 15) is 24.9 Å². The average molecular weight is 442 g/mol. The van der Waals surface area contributed by atoms with Crippen molar-refractivity contribution in [1.82, 2.24) is 0 Å². The Kier molecular flexibility index (Phi) is 15.5. The molecule has 0 saturated carbocycles. The zero-order valence-corrected chi connectivity index (χ0v) is 20.5. The molecule has 2 N–H and O–H groups in total. The number of hydrogen-bond acceptors (Lipinski definition) is 5. The molecule has 0 fully saturated rings. The Morgan fingerprint density at radius 2 is 1.26 bits per heavy atom. The summed E-state index contributed by atoms with van der Waals surface area (Å²) in [4.78, 5) is 23.1. The van der Waals surface area contributed by atoms with Crippen LogP contribution in [0, 0.1) is 0 Å². The number of aliphatic hydroxyl groups is 2. The van der Waals surface area contributed by atoms with Gasteiger partial charge in [0.25, 0.3) is 0 Å². The van der Waals surface area contributed by atoms with Gasteiger partial charge in [-0.25, -0.2) is 0 Å². The lowest BCUT2D eigenvalue weighted by atomic mass is 9.94. The molecule has 0 aromatic heterocycles. The standard InChI is InChI=1S/C25H47NO5/c1-5-6-7-8-9-10-11-12-13-14-15-16-17-18-22(27)19-23(28)25(31,20-24(29)30)21-26(2,3)4/h19,31H,5-18,20-21H2,1-4H3,(H-,27,28,29,30). The highest BCUT2D eigenvalue weighted by Gasteiger charge is 2.38. The summed E-state index contributed by atoms with van der Waals surface area (Å²) in [6, 6.07) is 0. The molecule has 0 spiro atoms. The fourth-order valence-electron chi connectivity index (χ4n) is 3.93. The first-order valence-corrected chi connectivity index (χ1v) is 12.2. The van der Waals surface area contributed by atoms with Crippen LogP contribution in [-0.2, 0) is 9.59 Å². The smallest absolute Gasteiger partial charge is 0.175 e. The highest BCUT2D eigenvalue weighted by molar-refractivity contribution is 5.90. The van der Waals surface area contributed by atoms with E-state index in [2.05, 4.69) is 6.92 Å². The molecule has 1 atom stereocenters. The van der Waals surface area contributed by atoms with Crippen molar-refractivity contribution >= 4 is 11.8 Å². The fourth-order valence-corrected chi connectivity index (χ4v) is 3.93. The van der Waals surface area contributed by atoms with Crippen LogP contribution in [0.4, 0.5) is 0 Å². The van der Waals surface area contributed by atoms with Crippen LogP contribution in [0.1, 0.15) is 103 Å². The van der Waals surface area contributed by atoms with E-state index < -0.39 is 23.8 Å². The van der Waals surface area contributed by atoms with Gasteiger partial charge >= 0.3 is 0 Å². The molecule has 0 radical (unpaired) electrons. The number of nitrogens with zero attached hydrogens (tertiary/aromatic N) is 1. The number of aliphatic hydroxyl groups excluding tert-OH is 1. The van der Waals surface area contributed by atoms with E-state index in [-0.39, 0.29) is 23.2 Å². The number of unbranched alkanes of at least 4 members (excludes halogenated alkanes) is 12. The third kappa shape index (κ3) is 16.9. The van der Waals surface area contributed by atoms with Crippen LogP contribution >= 0.6 is 0 Å². The summed E-state index contributed by atoms with van der Waals surface area (Å²) in [7, 11) is 5.30. The summed E-state index contributed by atoms with van der Waals surface area (Å²) in [5.41, 5.74) is -2.01. The number of likely N-dealkylation sites (N-methyl/N-ethyl adjacent to an activating group) is 1. The third-order valence-electron chi connectivity index (χ3n) is 5.47. The monoisotopic (exact) mass is 441 g/mol. The summed E-state index contributed by atoms with van der Waals surface area (Å²) >= 11 is 0. The molecular formula is C25H47NO5. The lowest BCUT2D eigenvalue weighted by Gasteiger charge is -2.35. The first-order valence-electron chi connectivity index (χ1n) is 12.2. The minimum absolute atomic E-state index is 0.0463. The number of rotatable bonds is 20. The molecule has 0 aliphatic carbocycles. The summed E-state index contributed by atoms with van der Waals surface area (Å²) in [6.45, 7) is 2.19. The number of aliphatic carboxylic acids is 1. The van der Waals surface area contributed by atoms with E-state index in [0.717, 1.165) is 25.3 Å². The second-order valence-electron chi connectivity index (χ2n) is 10.0. The van der Waals surface area contributed by atoms with Crippen molar-refractivity contribution < 1.29 is 29.4 Å². The molecule has 0 aromatic carbocycles. The molecule has 0 aliphatic heterocycles. The van der Waals surface area contributed by atoms with Crippen LogP contribution < -0.4 is 5.11 Å². The molecule has 0 rings (SSSR count). The topological polar surface area (TPSA) is 97.7 Å². The predicted octanol–water partition coefficient (Wildman–Crippen LogP) is 4.06. The zero-order chi connectivity index (χ0) is 23.8. The Morgan fingerprint density at radius 1 is 0.839 bits per heavy atom. The van der Waals surface area contributed by atoms with Crippen molar-refractivity contribution in [2.75, 3.05) is 27.7 Å². The Hall–Kier alpha value is -1.40. The Morgan fingerprint density at radius 3 is 1.65 bits per heavy atom. The van der Waals surface area contributed by atoms with Gasteiger partial charge in [0.2, 0.25) is 0 Å². The van der Waals surface area contributed by atoms with E-state index >= 15 is 0 Å². The Labute approximate surface area is 189 Å². The normalized spacial score (nSPS) is 14.4. The largest absolute Gasteiger partial charge is 0.550 e. The van der Waals surface area contributed by atoms with E-state index in [0.29, 0.717) is 0 Å². The van der Waals surface area contributed by atoms with Gasteiger partial charge in [-0.2, -0.15) is 0 Å². The highest BCUT2D eigenvalue weighted by atomic mass is 16.4. The number of carboxylic acids is 1. The van der Waals surface area contributed by atoms with E-state index in [1.54, 1.807) is 21.1 Å². The van der Waals surface area contributed by atoms with Gasteiger partial charge in [0.15, 0.2) is 11.4 Å². The van der Waals surface area contributed by atoms with Gasteiger partial charge in [0.05, 0.1) is 21.1 Å². The average Bonchev–Trinajstić information content (AvgIpc) is 2.63. The molecule has 0 amide bonds. The van der Waals surface area contributed by atoms with Gasteiger partial charge in [-0.1, -0.05) is 84.0 Å². The van der Waals surface area contributed by atoms with E-state index in [4.69, 9.17) is 0 Å². The number of carbonyl (C=O) groups excluding carboxylic acids is 2. The van der Waals surface area contributed by atoms with Crippen molar-refractivity contribution in [1.29, 1.82) is 0 Å². The molecule has 6 nitrogen and oxygen atoms in total. The zero-order valence-electron chi connectivity index (χ0n) is 20.5. The van der Waals surface area contributed by atoms with Crippen molar-refractivity contribution in [2.45, 2.75) is 109 Å². The highest BCUT2D eigenvalue weighted by Crippen LogP contribution is 2.22. The van der Waals surface area contributed by atoms with Gasteiger partial charge in [0.1, 0.15) is 12.3 Å². The second-order valence-corrected chi connectivity index (χ2v) is 10.0. The maximum absolute atomic E-state index is 12.1. The summed E-state index contributed by atoms with van der Waals surface area (Å²) < 4.78 is 0.231. The van der Waals surface area contributed by atoms with Gasteiger partial charge < -0.3 is 24.6 Å². The van der Waals surface area contributed by atoms with E-state index in [1.165, 1.54) is 64.2 Å². The molecule has 0 aliphatic rings. The molecule has 1 unspecified atom stereocenters. The molecular weight excluding hydrogens is 394 g/mol. The predicted molar refractivity (Wildman–Crippen MR) is 124 cm³/mol. The Bertz CT molecular complexity index is 539. The number of carboxylic acid groups (broad SMARTS) is 1. The van der Waals surface area contributed by atoms with Crippen LogP contribution in [0.25, 0.3) is 0 Å². The molecule has 6 heteroatoms. The van der Waals surface area contributed by atoms with Crippen LogP contribution in [-0.4, -0.2) is 59.7 Å². The first kappa shape index (κ1) is 29.6. The van der Waals surface area contributed by atoms with Crippen LogP contribution in [0.5, 0.6) is 0 Å². The lowest BCUT2D eigenvalue weighted by Crippen LogP contribution is -2.52. The molecule has 0 bridgehead atoms. The SMILES string of the molecule is CCCCCCCCCCCCCCCC(=O)C=C(O)C(O)(CC(=O)[O-])C[N+](C)(C)C. The third-order valence-corrected chi connectivity index (χ3v) is 5.47. The van der Waals surface area contributed by atoms with Crippen LogP contribution in [0.3, 0.4) is 0 Å². The summed E-state index contributed by atoms with van der Waals surface area (Å²) in [5, 5.41) is 31.9. The minimum atomic E-state index is -2.01. The van der Waals surface area contributed by atoms with Gasteiger partial charge in [-0.3, -0.25) is 4.79 Å². The van der Waals surface area contributed by atoms with Crippen molar-refractivity contribution in [3.63, 3.8) is 0 Å². The van der Waals surface area contributed by atoms with Gasteiger partial charge in [-0.05, 0) is 6.42 Å². The lowest BCUT2D eigenvalue weighted by molar-refractivity contribution is -0.876. The maximum Gasteiger partial charge on any atom is 0.175 e. The maximum atomic E-state index is 12.1. The van der Waals surface area contributed by atoms with Crippen LogP contribution in [0.2, 0.25) is 0 Å². The number of hydrogen-bond donors (Lipinski definition) is 2. The number of ketones is 1. The number of allylic oxidation sites excluding steroid dienone is 1. The van der Waals surface area contributed by atoms with Crippen LogP contribution in [0.15, 0.2) is 11.8 Å². The number of quaternary nitrogens is 1. The van der Waals surface area contributed by atoms with Gasteiger partial charge in [0, 0.05) is 24.9 Å². The molecule has 0 aromatic rings. The summed E-state index contributed by atoms with van der Waals surface area (Å²) in [6.07, 6.45) is 16.4. The quantitative estimate of drug-likeness (QED) is 0.128. The molecule has 182 valence electrons. The molecule has 0 saturated heterocycles. The van der Waals surface area contributed by atoms with Gasteiger partial charge in [-0.15, -0.1) is 0 Å². The van der Waals surface area contributed by atoms with E-state index in [1.807, 2.05) is 0 Å². The minimum Gasteiger partial charge on any atom is -0.550 e. The molecule has 31 heavy (non-hydrogen) atoms. The second kappa shape index (κ2) is 16.3.